The number of rotatable bonds is 5. The van der Waals surface area contributed by atoms with Gasteiger partial charge in [-0.05, 0) is 31.2 Å². The molecular formula is C26H21N3O4. The molecule has 7 heteroatoms. The van der Waals surface area contributed by atoms with Crippen LogP contribution in [-0.4, -0.2) is 28.9 Å². The van der Waals surface area contributed by atoms with Crippen molar-refractivity contribution < 1.29 is 14.0 Å². The minimum absolute atomic E-state index is 0.167. The van der Waals surface area contributed by atoms with Gasteiger partial charge in [0, 0.05) is 28.6 Å². The lowest BCUT2D eigenvalue weighted by Crippen LogP contribution is -2.18. The molecule has 0 aliphatic rings. The summed E-state index contributed by atoms with van der Waals surface area (Å²) in [4.78, 5) is 18.0. The minimum Gasteiger partial charge on any atom is -0.493 e. The summed E-state index contributed by atoms with van der Waals surface area (Å²) in [6.45, 7) is 2.01. The Hall–Kier alpha value is -4.39. The third kappa shape index (κ3) is 3.63. The van der Waals surface area contributed by atoms with Crippen molar-refractivity contribution >= 4 is 10.8 Å². The van der Waals surface area contributed by atoms with E-state index < -0.39 is 0 Å². The average Bonchev–Trinajstić information content (AvgIpc) is 3.34. The number of hydrogen-bond donors (Lipinski definition) is 0. The van der Waals surface area contributed by atoms with Crippen molar-refractivity contribution in [2.75, 3.05) is 14.2 Å². The molecular weight excluding hydrogens is 418 g/mol. The first kappa shape index (κ1) is 20.5. The van der Waals surface area contributed by atoms with E-state index in [2.05, 4.69) is 10.1 Å². The van der Waals surface area contributed by atoms with E-state index in [1.54, 1.807) is 49.2 Å². The summed E-state index contributed by atoms with van der Waals surface area (Å²) in [5.41, 5.74) is 3.09. The number of methoxy groups -OCH3 is 2. The van der Waals surface area contributed by atoms with Gasteiger partial charge in [0.05, 0.1) is 25.5 Å². The zero-order valence-electron chi connectivity index (χ0n) is 18.4. The number of aromatic nitrogens is 3. The normalized spacial score (nSPS) is 11.0. The summed E-state index contributed by atoms with van der Waals surface area (Å²) < 4.78 is 17.9. The van der Waals surface area contributed by atoms with Gasteiger partial charge in [-0.25, -0.2) is 0 Å². The highest BCUT2D eigenvalue weighted by molar-refractivity contribution is 5.94. The molecule has 0 aliphatic carbocycles. The molecule has 0 fully saturated rings. The molecule has 0 N–H and O–H groups in total. The first-order valence-electron chi connectivity index (χ1n) is 10.4. The molecule has 0 unspecified atom stereocenters. The van der Waals surface area contributed by atoms with Crippen LogP contribution in [0.25, 0.3) is 39.3 Å². The fraction of sp³-hybridized carbons (Fsp3) is 0.115. The van der Waals surface area contributed by atoms with E-state index >= 15 is 0 Å². The van der Waals surface area contributed by atoms with Crippen molar-refractivity contribution in [2.45, 2.75) is 6.92 Å². The standard InChI is InChI=1S/C26H21N3O4/c1-16-7-6-8-17(13-16)24-27-25(33-28-24)21-15-29(26(30)20-10-5-4-9-19(20)21)18-11-12-22(31-2)23(14-18)32-3/h4-15H,1-3H3. The summed E-state index contributed by atoms with van der Waals surface area (Å²) >= 11 is 0. The maximum absolute atomic E-state index is 13.4. The van der Waals surface area contributed by atoms with Gasteiger partial charge >= 0.3 is 0 Å². The zero-order valence-corrected chi connectivity index (χ0v) is 18.4. The number of nitrogens with zero attached hydrogens (tertiary/aromatic N) is 3. The fourth-order valence-corrected chi connectivity index (χ4v) is 3.86. The number of aryl methyl sites for hydroxylation is 1. The molecule has 3 aromatic carbocycles. The number of benzene rings is 3. The van der Waals surface area contributed by atoms with E-state index in [9.17, 15) is 4.79 Å². The molecule has 0 radical (unpaired) electrons. The molecule has 5 rings (SSSR count). The van der Waals surface area contributed by atoms with Crippen molar-refractivity contribution in [3.63, 3.8) is 0 Å². The molecule has 0 aliphatic heterocycles. The maximum atomic E-state index is 13.4. The zero-order chi connectivity index (χ0) is 22.9. The number of hydrogen-bond acceptors (Lipinski definition) is 6. The van der Waals surface area contributed by atoms with Crippen LogP contribution in [0, 0.1) is 6.92 Å². The van der Waals surface area contributed by atoms with Crippen molar-refractivity contribution in [3.05, 3.63) is 88.8 Å². The minimum atomic E-state index is -0.167. The van der Waals surface area contributed by atoms with Gasteiger partial charge in [-0.2, -0.15) is 4.98 Å². The van der Waals surface area contributed by atoms with Gasteiger partial charge in [-0.15, -0.1) is 0 Å². The Bertz CT molecular complexity index is 1530. The lowest BCUT2D eigenvalue weighted by Gasteiger charge is -2.13. The average molecular weight is 439 g/mol. The summed E-state index contributed by atoms with van der Waals surface area (Å²) in [6, 6.07) is 20.6. The second-order valence-electron chi connectivity index (χ2n) is 7.60. The molecule has 2 aromatic heterocycles. The lowest BCUT2D eigenvalue weighted by atomic mass is 10.1. The first-order valence-corrected chi connectivity index (χ1v) is 10.4. The molecule has 2 heterocycles. The van der Waals surface area contributed by atoms with Crippen LogP contribution in [0.2, 0.25) is 0 Å². The van der Waals surface area contributed by atoms with Crippen LogP contribution < -0.4 is 15.0 Å². The molecule has 0 bridgehead atoms. The Kier molecular flexibility index (Phi) is 5.14. The summed E-state index contributed by atoms with van der Waals surface area (Å²) in [6.07, 6.45) is 1.72. The number of ether oxygens (including phenoxy) is 2. The molecule has 0 saturated heterocycles. The smallest absolute Gasteiger partial charge is 0.262 e. The molecule has 0 atom stereocenters. The molecule has 0 amide bonds. The maximum Gasteiger partial charge on any atom is 0.262 e. The van der Waals surface area contributed by atoms with E-state index in [0.717, 1.165) is 16.5 Å². The van der Waals surface area contributed by atoms with Crippen LogP contribution >= 0.6 is 0 Å². The van der Waals surface area contributed by atoms with Crippen LogP contribution in [0.1, 0.15) is 5.56 Å². The summed E-state index contributed by atoms with van der Waals surface area (Å²) in [5, 5.41) is 5.45. The van der Waals surface area contributed by atoms with Crippen LogP contribution in [-0.2, 0) is 0 Å². The monoisotopic (exact) mass is 439 g/mol. The van der Waals surface area contributed by atoms with E-state index in [-0.39, 0.29) is 5.56 Å². The lowest BCUT2D eigenvalue weighted by molar-refractivity contribution is 0.355. The Morgan fingerprint density at radius 1 is 0.879 bits per heavy atom. The van der Waals surface area contributed by atoms with Gasteiger partial charge in [0.2, 0.25) is 5.82 Å². The highest BCUT2D eigenvalue weighted by Gasteiger charge is 2.18. The Morgan fingerprint density at radius 3 is 2.42 bits per heavy atom. The highest BCUT2D eigenvalue weighted by Crippen LogP contribution is 2.31. The summed E-state index contributed by atoms with van der Waals surface area (Å²) in [7, 11) is 3.13. The quantitative estimate of drug-likeness (QED) is 0.382. The van der Waals surface area contributed by atoms with Gasteiger partial charge in [-0.1, -0.05) is 47.1 Å². The van der Waals surface area contributed by atoms with Gasteiger partial charge < -0.3 is 14.0 Å². The SMILES string of the molecule is COc1ccc(-n2cc(-c3nc(-c4cccc(C)c4)no3)c3ccccc3c2=O)cc1OC. The molecule has 0 spiro atoms. The van der Waals surface area contributed by atoms with Crippen LogP contribution in [0.15, 0.2) is 82.2 Å². The first-order chi connectivity index (χ1) is 16.1. The Labute approximate surface area is 189 Å². The van der Waals surface area contributed by atoms with Gasteiger partial charge in [0.15, 0.2) is 11.5 Å². The third-order valence-corrected chi connectivity index (χ3v) is 5.50. The highest BCUT2D eigenvalue weighted by atomic mass is 16.5. The number of fused-ring (bicyclic) bond motifs is 1. The third-order valence-electron chi connectivity index (χ3n) is 5.50. The molecule has 7 nitrogen and oxygen atoms in total. The van der Waals surface area contributed by atoms with Crippen LogP contribution in [0.5, 0.6) is 11.5 Å². The van der Waals surface area contributed by atoms with Crippen LogP contribution in [0.4, 0.5) is 0 Å². The molecule has 5 aromatic rings. The van der Waals surface area contributed by atoms with Crippen molar-refractivity contribution in [1.29, 1.82) is 0 Å². The van der Waals surface area contributed by atoms with E-state index in [0.29, 0.717) is 39.9 Å². The van der Waals surface area contributed by atoms with Gasteiger partial charge in [0.1, 0.15) is 0 Å². The van der Waals surface area contributed by atoms with Crippen LogP contribution in [0.3, 0.4) is 0 Å². The second kappa shape index (κ2) is 8.27. The van der Waals surface area contributed by atoms with Crippen molar-refractivity contribution in [1.82, 2.24) is 14.7 Å². The second-order valence-corrected chi connectivity index (χ2v) is 7.60. The van der Waals surface area contributed by atoms with Crippen molar-refractivity contribution in [2.24, 2.45) is 0 Å². The molecule has 33 heavy (non-hydrogen) atoms. The van der Waals surface area contributed by atoms with E-state index in [1.165, 1.54) is 0 Å². The van der Waals surface area contributed by atoms with Crippen molar-refractivity contribution in [3.8, 4) is 40.0 Å². The predicted molar refractivity (Wildman–Crippen MR) is 126 cm³/mol. The largest absolute Gasteiger partial charge is 0.493 e. The van der Waals surface area contributed by atoms with Gasteiger partial charge in [-0.3, -0.25) is 9.36 Å². The van der Waals surface area contributed by atoms with Gasteiger partial charge in [0.25, 0.3) is 11.4 Å². The Balaban J connectivity index is 1.71. The van der Waals surface area contributed by atoms with E-state index in [1.807, 2.05) is 49.4 Å². The summed E-state index contributed by atoms with van der Waals surface area (Å²) in [5.74, 6) is 1.92. The molecule has 164 valence electrons. The fourth-order valence-electron chi connectivity index (χ4n) is 3.86. The Morgan fingerprint density at radius 2 is 1.67 bits per heavy atom. The topological polar surface area (TPSA) is 79.4 Å². The van der Waals surface area contributed by atoms with E-state index in [4.69, 9.17) is 14.0 Å². The molecule has 0 saturated carbocycles. The predicted octanol–water partition coefficient (Wildman–Crippen LogP) is 5.03. The number of pyridine rings is 1.